The zero-order chi connectivity index (χ0) is 14.7. The SMILES string of the molecule is COc1ncc(C(=O)Nc2ccc(F)c(F)c2)c(C)n1. The van der Waals surface area contributed by atoms with Crippen molar-refractivity contribution in [3.05, 3.63) is 47.3 Å². The van der Waals surface area contributed by atoms with E-state index < -0.39 is 17.5 Å². The van der Waals surface area contributed by atoms with Crippen LogP contribution in [0.3, 0.4) is 0 Å². The van der Waals surface area contributed by atoms with Gasteiger partial charge in [0, 0.05) is 18.0 Å². The van der Waals surface area contributed by atoms with Crippen LogP contribution in [0.25, 0.3) is 0 Å². The van der Waals surface area contributed by atoms with Crippen LogP contribution in [-0.4, -0.2) is 23.0 Å². The Kier molecular flexibility index (Phi) is 3.88. The summed E-state index contributed by atoms with van der Waals surface area (Å²) in [6.45, 7) is 1.62. The van der Waals surface area contributed by atoms with Crippen molar-refractivity contribution >= 4 is 11.6 Å². The van der Waals surface area contributed by atoms with E-state index in [1.54, 1.807) is 6.92 Å². The van der Waals surface area contributed by atoms with E-state index in [2.05, 4.69) is 15.3 Å². The Hall–Kier alpha value is -2.57. The maximum atomic E-state index is 13.0. The molecule has 0 aliphatic rings. The number of anilines is 1. The number of ether oxygens (including phenoxy) is 1. The average Bonchev–Trinajstić information content (AvgIpc) is 2.42. The molecule has 0 atom stereocenters. The first-order chi connectivity index (χ1) is 9.51. The van der Waals surface area contributed by atoms with Crippen LogP contribution in [0.4, 0.5) is 14.5 Å². The predicted molar refractivity (Wildman–Crippen MR) is 67.6 cm³/mol. The van der Waals surface area contributed by atoms with Gasteiger partial charge >= 0.3 is 6.01 Å². The Bertz CT molecular complexity index is 662. The van der Waals surface area contributed by atoms with Crippen LogP contribution in [0.15, 0.2) is 24.4 Å². The summed E-state index contributed by atoms with van der Waals surface area (Å²) in [5.74, 6) is -2.53. The fourth-order valence-corrected chi connectivity index (χ4v) is 1.54. The average molecular weight is 279 g/mol. The van der Waals surface area contributed by atoms with E-state index in [9.17, 15) is 13.6 Å². The van der Waals surface area contributed by atoms with Gasteiger partial charge in [-0.25, -0.2) is 13.8 Å². The Morgan fingerprint density at radius 2 is 2.05 bits per heavy atom. The predicted octanol–water partition coefficient (Wildman–Crippen LogP) is 2.32. The molecule has 5 nitrogen and oxygen atoms in total. The molecule has 20 heavy (non-hydrogen) atoms. The van der Waals surface area contributed by atoms with Crippen molar-refractivity contribution in [2.75, 3.05) is 12.4 Å². The minimum absolute atomic E-state index is 0.143. The highest BCUT2D eigenvalue weighted by Crippen LogP contribution is 2.15. The highest BCUT2D eigenvalue weighted by atomic mass is 19.2. The molecule has 2 aromatic rings. The highest BCUT2D eigenvalue weighted by Gasteiger charge is 2.13. The molecule has 1 heterocycles. The van der Waals surface area contributed by atoms with Gasteiger partial charge in [-0.05, 0) is 19.1 Å². The topological polar surface area (TPSA) is 64.1 Å². The number of hydrogen-bond acceptors (Lipinski definition) is 4. The fourth-order valence-electron chi connectivity index (χ4n) is 1.54. The Labute approximate surface area is 113 Å². The normalized spacial score (nSPS) is 10.2. The van der Waals surface area contributed by atoms with Gasteiger partial charge in [0.1, 0.15) is 0 Å². The lowest BCUT2D eigenvalue weighted by molar-refractivity contribution is 0.102. The molecule has 2 rings (SSSR count). The molecule has 0 aliphatic heterocycles. The summed E-state index contributed by atoms with van der Waals surface area (Å²) in [5, 5.41) is 2.44. The summed E-state index contributed by atoms with van der Waals surface area (Å²) in [6.07, 6.45) is 1.30. The maximum Gasteiger partial charge on any atom is 0.316 e. The van der Waals surface area contributed by atoms with Crippen molar-refractivity contribution < 1.29 is 18.3 Å². The molecule has 0 saturated carbocycles. The number of carbonyl (C=O) groups excluding carboxylic acids is 1. The quantitative estimate of drug-likeness (QED) is 0.936. The molecular formula is C13H11F2N3O2. The van der Waals surface area contributed by atoms with E-state index in [0.29, 0.717) is 5.69 Å². The van der Waals surface area contributed by atoms with Gasteiger partial charge in [-0.15, -0.1) is 0 Å². The van der Waals surface area contributed by atoms with Crippen LogP contribution >= 0.6 is 0 Å². The Balaban J connectivity index is 2.21. The van der Waals surface area contributed by atoms with Gasteiger partial charge in [0.2, 0.25) is 0 Å². The molecule has 7 heteroatoms. The number of hydrogen-bond donors (Lipinski definition) is 1. The minimum atomic E-state index is -1.04. The lowest BCUT2D eigenvalue weighted by Gasteiger charge is -2.08. The first kappa shape index (κ1) is 13.9. The monoisotopic (exact) mass is 279 g/mol. The number of halogens is 2. The van der Waals surface area contributed by atoms with Crippen LogP contribution in [-0.2, 0) is 0 Å². The molecule has 0 saturated heterocycles. The molecule has 104 valence electrons. The second kappa shape index (κ2) is 5.60. The van der Waals surface area contributed by atoms with Crippen molar-refractivity contribution in [3.63, 3.8) is 0 Å². The van der Waals surface area contributed by atoms with E-state index in [1.165, 1.54) is 19.4 Å². The number of amides is 1. The van der Waals surface area contributed by atoms with Gasteiger partial charge in [0.15, 0.2) is 11.6 Å². The maximum absolute atomic E-state index is 13.0. The molecule has 0 unspecified atom stereocenters. The fraction of sp³-hybridized carbons (Fsp3) is 0.154. The summed E-state index contributed by atoms with van der Waals surface area (Å²) in [4.78, 5) is 19.8. The zero-order valence-corrected chi connectivity index (χ0v) is 10.8. The van der Waals surface area contributed by atoms with Crippen LogP contribution < -0.4 is 10.1 Å². The molecule has 0 spiro atoms. The Morgan fingerprint density at radius 3 is 2.65 bits per heavy atom. The van der Waals surface area contributed by atoms with Gasteiger partial charge in [-0.1, -0.05) is 0 Å². The molecule has 0 bridgehead atoms. The van der Waals surface area contributed by atoms with Crippen molar-refractivity contribution in [2.24, 2.45) is 0 Å². The van der Waals surface area contributed by atoms with Crippen molar-refractivity contribution in [1.29, 1.82) is 0 Å². The summed E-state index contributed by atoms with van der Waals surface area (Å²) < 4.78 is 30.7. The van der Waals surface area contributed by atoms with E-state index in [0.717, 1.165) is 12.1 Å². The van der Waals surface area contributed by atoms with Gasteiger partial charge in [-0.3, -0.25) is 4.79 Å². The van der Waals surface area contributed by atoms with E-state index in [-0.39, 0.29) is 17.3 Å². The van der Waals surface area contributed by atoms with Crippen LogP contribution in [0.5, 0.6) is 6.01 Å². The summed E-state index contributed by atoms with van der Waals surface area (Å²) in [5.41, 5.74) is 0.775. The minimum Gasteiger partial charge on any atom is -0.467 e. The van der Waals surface area contributed by atoms with Gasteiger partial charge in [0.25, 0.3) is 5.91 Å². The molecule has 0 fully saturated rings. The molecule has 1 N–H and O–H groups in total. The van der Waals surface area contributed by atoms with E-state index in [4.69, 9.17) is 4.74 Å². The summed E-state index contributed by atoms with van der Waals surface area (Å²) in [7, 11) is 1.41. The standard InChI is InChI=1S/C13H11F2N3O2/c1-7-9(6-16-13(17-7)20-2)12(19)18-8-3-4-10(14)11(15)5-8/h3-6H,1-2H3,(H,18,19). The van der Waals surface area contributed by atoms with Crippen molar-refractivity contribution in [2.45, 2.75) is 6.92 Å². The van der Waals surface area contributed by atoms with Crippen molar-refractivity contribution in [1.82, 2.24) is 9.97 Å². The Morgan fingerprint density at radius 1 is 1.30 bits per heavy atom. The number of aryl methyl sites for hydroxylation is 1. The second-order valence-electron chi connectivity index (χ2n) is 3.94. The van der Waals surface area contributed by atoms with Gasteiger partial charge in [-0.2, -0.15) is 4.98 Å². The summed E-state index contributed by atoms with van der Waals surface area (Å²) >= 11 is 0. The van der Waals surface area contributed by atoms with E-state index in [1.807, 2.05) is 0 Å². The van der Waals surface area contributed by atoms with Crippen molar-refractivity contribution in [3.8, 4) is 6.01 Å². The number of aromatic nitrogens is 2. The third-order valence-electron chi connectivity index (χ3n) is 2.56. The number of carbonyl (C=O) groups is 1. The highest BCUT2D eigenvalue weighted by molar-refractivity contribution is 6.04. The third-order valence-corrected chi connectivity index (χ3v) is 2.56. The molecular weight excluding hydrogens is 268 g/mol. The second-order valence-corrected chi connectivity index (χ2v) is 3.94. The number of benzene rings is 1. The smallest absolute Gasteiger partial charge is 0.316 e. The largest absolute Gasteiger partial charge is 0.467 e. The number of nitrogens with one attached hydrogen (secondary N) is 1. The molecule has 1 aromatic carbocycles. The molecule has 0 aliphatic carbocycles. The number of nitrogens with zero attached hydrogens (tertiary/aromatic N) is 2. The number of rotatable bonds is 3. The molecule has 1 amide bonds. The first-order valence-electron chi connectivity index (χ1n) is 5.65. The number of methoxy groups -OCH3 is 1. The molecule has 0 radical (unpaired) electrons. The first-order valence-corrected chi connectivity index (χ1v) is 5.65. The van der Waals surface area contributed by atoms with Gasteiger partial charge in [0.05, 0.1) is 18.4 Å². The summed E-state index contributed by atoms with van der Waals surface area (Å²) in [6, 6.07) is 3.23. The third kappa shape index (κ3) is 2.87. The van der Waals surface area contributed by atoms with E-state index >= 15 is 0 Å². The van der Waals surface area contributed by atoms with Gasteiger partial charge < -0.3 is 10.1 Å². The zero-order valence-electron chi connectivity index (χ0n) is 10.8. The van der Waals surface area contributed by atoms with Crippen LogP contribution in [0, 0.1) is 18.6 Å². The molecule has 1 aromatic heterocycles. The lowest BCUT2D eigenvalue weighted by Crippen LogP contribution is -2.15. The van der Waals surface area contributed by atoms with Crippen LogP contribution in [0.1, 0.15) is 16.1 Å². The van der Waals surface area contributed by atoms with Crippen LogP contribution in [0.2, 0.25) is 0 Å². The lowest BCUT2D eigenvalue weighted by atomic mass is 10.2.